The average Bonchev–Trinajstić information content (AvgIpc) is 3.17. The third kappa shape index (κ3) is 4.08. The first-order valence-corrected chi connectivity index (χ1v) is 9.73. The zero-order chi connectivity index (χ0) is 21.1. The second-order valence-corrected chi connectivity index (χ2v) is 7.26. The van der Waals surface area contributed by atoms with Gasteiger partial charge in [0.2, 0.25) is 5.91 Å². The summed E-state index contributed by atoms with van der Waals surface area (Å²) in [4.78, 5) is 29.7. The molecule has 4 aromatic rings. The van der Waals surface area contributed by atoms with E-state index < -0.39 is 17.2 Å². The van der Waals surface area contributed by atoms with E-state index in [4.69, 9.17) is 0 Å². The van der Waals surface area contributed by atoms with Crippen LogP contribution in [0.25, 0.3) is 16.7 Å². The summed E-state index contributed by atoms with van der Waals surface area (Å²) in [5, 5.41) is 7.06. The molecule has 0 radical (unpaired) electrons. The molecule has 0 unspecified atom stereocenters. The maximum atomic E-state index is 12.8. The smallest absolute Gasteiger partial charge is 0.288 e. The summed E-state index contributed by atoms with van der Waals surface area (Å²) in [6.45, 7) is -0.314. The second-order valence-electron chi connectivity index (χ2n) is 6.23. The summed E-state index contributed by atoms with van der Waals surface area (Å²) in [7, 11) is 0. The summed E-state index contributed by atoms with van der Waals surface area (Å²) in [6.07, 6.45) is 2.67. The molecule has 2 aromatic heterocycles. The number of nitrogens with zero attached hydrogens (tertiary/aromatic N) is 4. The van der Waals surface area contributed by atoms with E-state index in [-0.39, 0.29) is 22.5 Å². The van der Waals surface area contributed by atoms with E-state index in [9.17, 15) is 18.4 Å². The van der Waals surface area contributed by atoms with Gasteiger partial charge in [-0.1, -0.05) is 42.1 Å². The molecule has 4 rings (SSSR count). The molecule has 0 saturated heterocycles. The van der Waals surface area contributed by atoms with Crippen LogP contribution in [0.4, 0.5) is 14.5 Å². The highest BCUT2D eigenvalue weighted by atomic mass is 32.2. The van der Waals surface area contributed by atoms with Crippen molar-refractivity contribution in [3.8, 4) is 5.69 Å². The van der Waals surface area contributed by atoms with Crippen LogP contribution in [0.1, 0.15) is 0 Å². The molecule has 30 heavy (non-hydrogen) atoms. The van der Waals surface area contributed by atoms with Gasteiger partial charge >= 0.3 is 0 Å². The van der Waals surface area contributed by atoms with Gasteiger partial charge in [-0.25, -0.2) is 9.67 Å². The zero-order valence-corrected chi connectivity index (χ0v) is 16.2. The number of aromatic nitrogens is 4. The fourth-order valence-electron chi connectivity index (χ4n) is 2.93. The lowest BCUT2D eigenvalue weighted by Crippen LogP contribution is -2.28. The maximum Gasteiger partial charge on any atom is 0.288 e. The Bertz CT molecular complexity index is 1260. The molecule has 152 valence electrons. The van der Waals surface area contributed by atoms with Gasteiger partial charge in [-0.05, 0) is 24.3 Å². The highest BCUT2D eigenvalue weighted by Crippen LogP contribution is 2.31. The molecule has 0 bridgehead atoms. The molecular weight excluding hydrogens is 412 g/mol. The summed E-state index contributed by atoms with van der Waals surface area (Å²) < 4.78 is 28.1. The Morgan fingerprint density at radius 3 is 2.60 bits per heavy atom. The normalized spacial score (nSPS) is 11.2. The standard InChI is InChI=1S/C20H15F2N5O2S/c21-20(22)30-16-9-5-4-8-15(16)25-17(28)11-26-12-23-18-14(19(26)29)10-24-27(18)13-6-2-1-3-7-13/h1-10,12,20H,11H2,(H,25,28). The molecule has 1 amide bonds. The summed E-state index contributed by atoms with van der Waals surface area (Å²) in [5.74, 6) is -3.14. The molecule has 1 N–H and O–H groups in total. The van der Waals surface area contributed by atoms with Crippen molar-refractivity contribution in [1.29, 1.82) is 0 Å². The minimum absolute atomic E-state index is 0.242. The molecule has 0 aliphatic carbocycles. The molecule has 0 saturated carbocycles. The monoisotopic (exact) mass is 427 g/mol. The van der Waals surface area contributed by atoms with E-state index in [0.717, 1.165) is 10.3 Å². The Kier molecular flexibility index (Phi) is 5.57. The molecule has 0 atom stereocenters. The molecule has 0 fully saturated rings. The lowest BCUT2D eigenvalue weighted by atomic mass is 10.3. The Morgan fingerprint density at radius 2 is 1.83 bits per heavy atom. The van der Waals surface area contributed by atoms with Crippen LogP contribution < -0.4 is 10.9 Å². The number of para-hydroxylation sites is 2. The van der Waals surface area contributed by atoms with Gasteiger partial charge in [0.25, 0.3) is 11.3 Å². The molecule has 2 aromatic carbocycles. The largest absolute Gasteiger partial charge is 0.324 e. The molecule has 2 heterocycles. The Balaban J connectivity index is 1.57. The molecule has 0 aliphatic rings. The highest BCUT2D eigenvalue weighted by Gasteiger charge is 2.15. The first-order valence-electron chi connectivity index (χ1n) is 8.85. The van der Waals surface area contributed by atoms with Crippen molar-refractivity contribution in [2.45, 2.75) is 17.2 Å². The summed E-state index contributed by atoms with van der Waals surface area (Å²) in [6, 6.07) is 15.5. The maximum absolute atomic E-state index is 12.8. The fourth-order valence-corrected chi connectivity index (χ4v) is 3.53. The van der Waals surface area contributed by atoms with E-state index in [1.807, 2.05) is 30.3 Å². The number of amides is 1. The minimum Gasteiger partial charge on any atom is -0.324 e. The van der Waals surface area contributed by atoms with Gasteiger partial charge in [-0.3, -0.25) is 14.2 Å². The molecule has 10 heteroatoms. The van der Waals surface area contributed by atoms with E-state index in [1.165, 1.54) is 24.7 Å². The van der Waals surface area contributed by atoms with Crippen molar-refractivity contribution in [3.05, 3.63) is 77.5 Å². The second kappa shape index (κ2) is 8.46. The van der Waals surface area contributed by atoms with Gasteiger partial charge in [0.05, 0.1) is 17.6 Å². The van der Waals surface area contributed by atoms with Gasteiger partial charge < -0.3 is 5.32 Å². The Labute approximate surface area is 173 Å². The summed E-state index contributed by atoms with van der Waals surface area (Å²) in [5.41, 5.74) is 0.962. The minimum atomic E-state index is -2.61. The van der Waals surface area contributed by atoms with E-state index >= 15 is 0 Å². The predicted molar refractivity (Wildman–Crippen MR) is 110 cm³/mol. The number of fused-ring (bicyclic) bond motifs is 1. The number of nitrogens with one attached hydrogen (secondary N) is 1. The molecule has 0 aliphatic heterocycles. The highest BCUT2D eigenvalue weighted by molar-refractivity contribution is 7.99. The van der Waals surface area contributed by atoms with Crippen molar-refractivity contribution in [1.82, 2.24) is 19.3 Å². The van der Waals surface area contributed by atoms with Crippen LogP contribution in [-0.4, -0.2) is 31.0 Å². The van der Waals surface area contributed by atoms with E-state index in [1.54, 1.807) is 16.8 Å². The van der Waals surface area contributed by atoms with Gasteiger partial charge in [-0.2, -0.15) is 13.9 Å². The van der Waals surface area contributed by atoms with E-state index in [0.29, 0.717) is 17.4 Å². The van der Waals surface area contributed by atoms with Crippen LogP contribution in [0.15, 0.2) is 76.8 Å². The van der Waals surface area contributed by atoms with Gasteiger partial charge in [0.1, 0.15) is 18.3 Å². The van der Waals surface area contributed by atoms with Crippen LogP contribution in [0, 0.1) is 0 Å². The van der Waals surface area contributed by atoms with E-state index in [2.05, 4.69) is 15.4 Å². The zero-order valence-electron chi connectivity index (χ0n) is 15.4. The van der Waals surface area contributed by atoms with Crippen molar-refractivity contribution in [3.63, 3.8) is 0 Å². The van der Waals surface area contributed by atoms with Gasteiger partial charge in [-0.15, -0.1) is 0 Å². The first kappa shape index (κ1) is 19.8. The lowest BCUT2D eigenvalue weighted by Gasteiger charge is -2.11. The number of rotatable bonds is 6. The van der Waals surface area contributed by atoms with Crippen molar-refractivity contribution in [2.24, 2.45) is 0 Å². The average molecular weight is 427 g/mol. The predicted octanol–water partition coefficient (Wildman–Crippen LogP) is 3.54. The Hall–Kier alpha value is -3.53. The Morgan fingerprint density at radius 1 is 1.10 bits per heavy atom. The van der Waals surface area contributed by atoms with Gasteiger partial charge in [0.15, 0.2) is 5.65 Å². The van der Waals surface area contributed by atoms with Crippen molar-refractivity contribution >= 4 is 34.4 Å². The van der Waals surface area contributed by atoms with Crippen molar-refractivity contribution < 1.29 is 13.6 Å². The first-order chi connectivity index (χ1) is 14.5. The number of carbonyl (C=O) groups is 1. The van der Waals surface area contributed by atoms with Crippen LogP contribution in [-0.2, 0) is 11.3 Å². The third-order valence-electron chi connectivity index (χ3n) is 4.25. The number of anilines is 1. The number of alkyl halides is 2. The number of carbonyl (C=O) groups excluding carboxylic acids is 1. The van der Waals surface area contributed by atoms with Crippen LogP contribution in [0.5, 0.6) is 0 Å². The number of hydrogen-bond acceptors (Lipinski definition) is 5. The number of benzene rings is 2. The molecular formula is C20H15F2N5O2S. The third-order valence-corrected chi connectivity index (χ3v) is 5.03. The molecule has 7 nitrogen and oxygen atoms in total. The van der Waals surface area contributed by atoms with Gasteiger partial charge in [0, 0.05) is 4.90 Å². The lowest BCUT2D eigenvalue weighted by molar-refractivity contribution is -0.116. The number of thioether (sulfide) groups is 1. The number of hydrogen-bond donors (Lipinski definition) is 1. The van der Waals surface area contributed by atoms with Crippen LogP contribution in [0.3, 0.4) is 0 Å². The number of halogens is 2. The van der Waals surface area contributed by atoms with Crippen LogP contribution >= 0.6 is 11.8 Å². The van der Waals surface area contributed by atoms with Crippen LogP contribution in [0.2, 0.25) is 0 Å². The van der Waals surface area contributed by atoms with Crippen molar-refractivity contribution in [2.75, 3.05) is 5.32 Å². The SMILES string of the molecule is O=C(Cn1cnc2c(cnn2-c2ccccc2)c1=O)Nc1ccccc1SC(F)F. The summed E-state index contributed by atoms with van der Waals surface area (Å²) >= 11 is 0.339. The quantitative estimate of drug-likeness (QED) is 0.476. The molecule has 0 spiro atoms. The fraction of sp³-hybridized carbons (Fsp3) is 0.100. The topological polar surface area (TPSA) is 81.8 Å².